The Hall–Kier alpha value is -1.66. The predicted molar refractivity (Wildman–Crippen MR) is 85.9 cm³/mol. The maximum Gasteiger partial charge on any atom is 0.269 e. The molecular formula is C15H13BrN2O2S. The van der Waals surface area contributed by atoms with Gasteiger partial charge in [-0.05, 0) is 54.0 Å². The summed E-state index contributed by atoms with van der Waals surface area (Å²) in [5.41, 5.74) is 2.23. The molecule has 0 aliphatic carbocycles. The number of fused-ring (bicyclic) bond motifs is 1. The topological polar surface area (TPSA) is 52.0 Å². The average molecular weight is 365 g/mol. The first-order valence-electron chi connectivity index (χ1n) is 6.37. The van der Waals surface area contributed by atoms with Gasteiger partial charge in [-0.25, -0.2) is 17.4 Å². The molecule has 0 amide bonds. The summed E-state index contributed by atoms with van der Waals surface area (Å²) in [4.78, 5) is 4.62. The normalized spacial score (nSPS) is 12.0. The van der Waals surface area contributed by atoms with Crippen LogP contribution in [0.5, 0.6) is 0 Å². The maximum absolute atomic E-state index is 12.9. The van der Waals surface area contributed by atoms with Crippen LogP contribution in [0.4, 0.5) is 0 Å². The Kier molecular flexibility index (Phi) is 3.37. The van der Waals surface area contributed by atoms with Crippen molar-refractivity contribution >= 4 is 37.0 Å². The molecule has 3 aromatic rings. The average Bonchev–Trinajstić information content (AvgIpc) is 2.77. The van der Waals surface area contributed by atoms with Gasteiger partial charge in [0.15, 0.2) is 0 Å². The van der Waals surface area contributed by atoms with E-state index in [9.17, 15) is 8.42 Å². The SMILES string of the molecule is Cc1ccc(S(=O)(=O)n2c(C)nc3c(Br)cccc32)cc1. The Morgan fingerprint density at radius 3 is 2.38 bits per heavy atom. The lowest BCUT2D eigenvalue weighted by molar-refractivity contribution is 0.587. The van der Waals surface area contributed by atoms with Crippen LogP contribution in [0.3, 0.4) is 0 Å². The van der Waals surface area contributed by atoms with Gasteiger partial charge in [-0.1, -0.05) is 23.8 Å². The van der Waals surface area contributed by atoms with E-state index in [0.717, 1.165) is 10.0 Å². The molecule has 1 aromatic heterocycles. The smallest absolute Gasteiger partial charge is 0.231 e. The molecule has 0 saturated carbocycles. The molecule has 1 heterocycles. The molecule has 108 valence electrons. The second kappa shape index (κ2) is 4.96. The number of aromatic nitrogens is 2. The summed E-state index contributed by atoms with van der Waals surface area (Å²) < 4.78 is 27.8. The van der Waals surface area contributed by atoms with E-state index in [-0.39, 0.29) is 4.90 Å². The molecule has 0 N–H and O–H groups in total. The lowest BCUT2D eigenvalue weighted by atomic mass is 10.2. The van der Waals surface area contributed by atoms with Crippen LogP contribution in [-0.4, -0.2) is 17.4 Å². The van der Waals surface area contributed by atoms with Crippen molar-refractivity contribution in [2.24, 2.45) is 0 Å². The minimum absolute atomic E-state index is 0.260. The van der Waals surface area contributed by atoms with Gasteiger partial charge in [0.1, 0.15) is 11.3 Å². The summed E-state index contributed by atoms with van der Waals surface area (Å²) >= 11 is 3.41. The summed E-state index contributed by atoms with van der Waals surface area (Å²) in [6, 6.07) is 12.2. The van der Waals surface area contributed by atoms with Crippen LogP contribution in [0, 0.1) is 13.8 Å². The van der Waals surface area contributed by atoms with E-state index in [0.29, 0.717) is 16.9 Å². The first-order valence-corrected chi connectivity index (χ1v) is 8.60. The highest BCUT2D eigenvalue weighted by Crippen LogP contribution is 2.27. The van der Waals surface area contributed by atoms with Gasteiger partial charge in [-0.2, -0.15) is 0 Å². The summed E-state index contributed by atoms with van der Waals surface area (Å²) in [6.07, 6.45) is 0. The molecule has 0 aliphatic rings. The van der Waals surface area contributed by atoms with E-state index in [4.69, 9.17) is 0 Å². The van der Waals surface area contributed by atoms with Crippen molar-refractivity contribution in [3.63, 3.8) is 0 Å². The van der Waals surface area contributed by atoms with Gasteiger partial charge in [-0.3, -0.25) is 0 Å². The molecule has 6 heteroatoms. The number of benzene rings is 2. The van der Waals surface area contributed by atoms with Crippen LogP contribution in [0.25, 0.3) is 11.0 Å². The zero-order chi connectivity index (χ0) is 15.2. The Bertz CT molecular complexity index is 928. The van der Waals surface area contributed by atoms with Crippen molar-refractivity contribution in [2.75, 3.05) is 0 Å². The third-order valence-corrected chi connectivity index (χ3v) is 5.76. The summed E-state index contributed by atoms with van der Waals surface area (Å²) in [5, 5.41) is 0. The number of para-hydroxylation sites is 1. The van der Waals surface area contributed by atoms with E-state index < -0.39 is 10.0 Å². The molecule has 21 heavy (non-hydrogen) atoms. The summed E-state index contributed by atoms with van der Waals surface area (Å²) in [7, 11) is -3.65. The van der Waals surface area contributed by atoms with E-state index in [1.807, 2.05) is 13.0 Å². The Morgan fingerprint density at radius 2 is 1.71 bits per heavy atom. The van der Waals surface area contributed by atoms with E-state index in [1.54, 1.807) is 43.3 Å². The van der Waals surface area contributed by atoms with Crippen molar-refractivity contribution in [2.45, 2.75) is 18.7 Å². The van der Waals surface area contributed by atoms with Crippen LogP contribution >= 0.6 is 15.9 Å². The molecule has 0 aliphatic heterocycles. The third kappa shape index (κ3) is 2.28. The molecule has 0 radical (unpaired) electrons. The molecule has 0 spiro atoms. The molecule has 0 fully saturated rings. The number of hydrogen-bond acceptors (Lipinski definition) is 3. The standard InChI is InChI=1S/C15H13BrN2O2S/c1-10-6-8-12(9-7-10)21(19,20)18-11(2)17-15-13(16)4-3-5-14(15)18/h3-9H,1-2H3. The lowest BCUT2D eigenvalue weighted by Gasteiger charge is -2.09. The molecule has 0 unspecified atom stereocenters. The van der Waals surface area contributed by atoms with Crippen molar-refractivity contribution in [3.05, 3.63) is 58.3 Å². The highest BCUT2D eigenvalue weighted by Gasteiger charge is 2.22. The van der Waals surface area contributed by atoms with Gasteiger partial charge in [0, 0.05) is 4.47 Å². The first kappa shape index (κ1) is 14.3. The number of imidazole rings is 1. The summed E-state index contributed by atoms with van der Waals surface area (Å²) in [5.74, 6) is 0.442. The molecule has 3 rings (SSSR count). The van der Waals surface area contributed by atoms with Crippen LogP contribution < -0.4 is 0 Å². The van der Waals surface area contributed by atoms with E-state index in [1.165, 1.54) is 3.97 Å². The molecule has 0 atom stereocenters. The fourth-order valence-corrected chi connectivity index (χ4v) is 4.21. The number of hydrogen-bond donors (Lipinski definition) is 0. The minimum Gasteiger partial charge on any atom is -0.231 e. The zero-order valence-corrected chi connectivity index (χ0v) is 13.9. The highest BCUT2D eigenvalue weighted by atomic mass is 79.9. The lowest BCUT2D eigenvalue weighted by Crippen LogP contribution is -2.14. The number of rotatable bonds is 2. The first-order chi connectivity index (χ1) is 9.91. The van der Waals surface area contributed by atoms with Crippen molar-refractivity contribution < 1.29 is 8.42 Å². The van der Waals surface area contributed by atoms with Gasteiger partial charge in [0.25, 0.3) is 10.0 Å². The van der Waals surface area contributed by atoms with Crippen molar-refractivity contribution in [1.29, 1.82) is 0 Å². The van der Waals surface area contributed by atoms with E-state index in [2.05, 4.69) is 20.9 Å². The van der Waals surface area contributed by atoms with Crippen LogP contribution in [0.15, 0.2) is 51.8 Å². The fraction of sp³-hybridized carbons (Fsp3) is 0.133. The monoisotopic (exact) mass is 364 g/mol. The fourth-order valence-electron chi connectivity index (χ4n) is 2.28. The van der Waals surface area contributed by atoms with Gasteiger partial charge < -0.3 is 0 Å². The van der Waals surface area contributed by atoms with Crippen LogP contribution in [-0.2, 0) is 10.0 Å². The third-order valence-electron chi connectivity index (χ3n) is 3.31. The Balaban J connectivity index is 2.31. The molecule has 0 saturated heterocycles. The minimum atomic E-state index is -3.65. The highest BCUT2D eigenvalue weighted by molar-refractivity contribution is 9.10. The van der Waals surface area contributed by atoms with Crippen LogP contribution in [0.1, 0.15) is 11.4 Å². The second-order valence-electron chi connectivity index (χ2n) is 4.85. The summed E-state index contributed by atoms with van der Waals surface area (Å²) in [6.45, 7) is 3.61. The molecule has 2 aromatic carbocycles. The van der Waals surface area contributed by atoms with Gasteiger partial charge in [0.05, 0.1) is 10.4 Å². The van der Waals surface area contributed by atoms with Crippen molar-refractivity contribution in [1.82, 2.24) is 8.96 Å². The van der Waals surface area contributed by atoms with Crippen molar-refractivity contribution in [3.8, 4) is 0 Å². The number of halogens is 1. The molecule has 4 nitrogen and oxygen atoms in total. The quantitative estimate of drug-likeness (QED) is 0.697. The largest absolute Gasteiger partial charge is 0.269 e. The molecular weight excluding hydrogens is 352 g/mol. The predicted octanol–water partition coefficient (Wildman–Crippen LogP) is 3.65. The van der Waals surface area contributed by atoms with Gasteiger partial charge >= 0.3 is 0 Å². The second-order valence-corrected chi connectivity index (χ2v) is 7.49. The number of nitrogens with zero attached hydrogens (tertiary/aromatic N) is 2. The Labute approximate surface area is 131 Å². The van der Waals surface area contributed by atoms with Gasteiger partial charge in [0.2, 0.25) is 0 Å². The zero-order valence-electron chi connectivity index (χ0n) is 11.5. The number of aryl methyl sites for hydroxylation is 2. The molecule has 0 bridgehead atoms. The van der Waals surface area contributed by atoms with E-state index >= 15 is 0 Å². The Morgan fingerprint density at radius 1 is 1.05 bits per heavy atom. The van der Waals surface area contributed by atoms with Gasteiger partial charge in [-0.15, -0.1) is 0 Å². The van der Waals surface area contributed by atoms with Crippen LogP contribution in [0.2, 0.25) is 0 Å². The maximum atomic E-state index is 12.9.